The van der Waals surface area contributed by atoms with Crippen LogP contribution in [-0.2, 0) is 14.3 Å². The van der Waals surface area contributed by atoms with Gasteiger partial charge in [0.05, 0.1) is 23.4 Å². The summed E-state index contributed by atoms with van der Waals surface area (Å²) in [4.78, 5) is 28.5. The van der Waals surface area contributed by atoms with E-state index in [0.717, 1.165) is 22.3 Å². The molecule has 128 valence electrons. The second kappa shape index (κ2) is 8.68. The van der Waals surface area contributed by atoms with Gasteiger partial charge in [-0.1, -0.05) is 56.3 Å². The van der Waals surface area contributed by atoms with Gasteiger partial charge in [-0.15, -0.1) is 0 Å². The van der Waals surface area contributed by atoms with Crippen molar-refractivity contribution in [3.63, 3.8) is 0 Å². The van der Waals surface area contributed by atoms with E-state index < -0.39 is 12.0 Å². The van der Waals surface area contributed by atoms with Crippen LogP contribution in [-0.4, -0.2) is 35.8 Å². The Hall–Kier alpha value is -2.08. The number of rotatable bonds is 7. The summed E-state index contributed by atoms with van der Waals surface area (Å²) in [5.74, 6) is -0.391. The van der Waals surface area contributed by atoms with Crippen LogP contribution in [0.4, 0.5) is 0 Å². The lowest BCUT2D eigenvalue weighted by atomic mass is 9.99. The molecule has 1 aromatic heterocycles. The number of hydrogen-bond acceptors (Lipinski definition) is 5. The highest BCUT2D eigenvalue weighted by atomic mass is 32.2. The molecule has 1 aromatic carbocycles. The third-order valence-corrected chi connectivity index (χ3v) is 4.84. The average Bonchev–Trinajstić information content (AvgIpc) is 2.62. The quantitative estimate of drug-likeness (QED) is 0.616. The van der Waals surface area contributed by atoms with Crippen molar-refractivity contribution >= 4 is 34.5 Å². The number of benzene rings is 1. The molecule has 24 heavy (non-hydrogen) atoms. The van der Waals surface area contributed by atoms with Gasteiger partial charge in [0.15, 0.2) is 0 Å². The molecule has 1 amide bonds. The largest absolute Gasteiger partial charge is 0.467 e. The molecule has 5 nitrogen and oxygen atoms in total. The number of fused-ring (bicyclic) bond motifs is 1. The number of para-hydroxylation sites is 1. The van der Waals surface area contributed by atoms with Gasteiger partial charge in [-0.25, -0.2) is 9.78 Å². The number of thioether (sulfide) groups is 1. The molecule has 2 atom stereocenters. The highest BCUT2D eigenvalue weighted by Gasteiger charge is 2.26. The van der Waals surface area contributed by atoms with E-state index in [-0.39, 0.29) is 17.6 Å². The van der Waals surface area contributed by atoms with E-state index in [0.29, 0.717) is 0 Å². The van der Waals surface area contributed by atoms with E-state index in [1.54, 1.807) is 0 Å². The summed E-state index contributed by atoms with van der Waals surface area (Å²) in [5.41, 5.74) is 0.898. The van der Waals surface area contributed by atoms with E-state index in [1.807, 2.05) is 50.2 Å². The van der Waals surface area contributed by atoms with Crippen LogP contribution in [0.5, 0.6) is 0 Å². The minimum absolute atomic E-state index is 0.0187. The maximum atomic E-state index is 12.2. The molecule has 2 aromatic rings. The van der Waals surface area contributed by atoms with Crippen LogP contribution in [0.1, 0.15) is 20.3 Å². The van der Waals surface area contributed by atoms with Gasteiger partial charge in [-0.2, -0.15) is 0 Å². The lowest BCUT2D eigenvalue weighted by Gasteiger charge is -2.21. The van der Waals surface area contributed by atoms with Crippen molar-refractivity contribution in [3.8, 4) is 0 Å². The first-order valence-corrected chi connectivity index (χ1v) is 8.89. The Morgan fingerprint density at radius 1 is 1.25 bits per heavy atom. The summed E-state index contributed by atoms with van der Waals surface area (Å²) in [6.45, 7) is 3.89. The summed E-state index contributed by atoms with van der Waals surface area (Å²) in [6.07, 6.45) is 0.777. The van der Waals surface area contributed by atoms with Crippen molar-refractivity contribution < 1.29 is 14.3 Å². The van der Waals surface area contributed by atoms with Gasteiger partial charge in [0.2, 0.25) is 5.91 Å². The van der Waals surface area contributed by atoms with Gasteiger partial charge in [0, 0.05) is 5.39 Å². The Labute approximate surface area is 146 Å². The molecule has 6 heteroatoms. The number of hydrogen-bond donors (Lipinski definition) is 1. The van der Waals surface area contributed by atoms with Gasteiger partial charge in [-0.3, -0.25) is 4.79 Å². The molecule has 0 aliphatic rings. The average molecular weight is 346 g/mol. The minimum atomic E-state index is -0.613. The number of nitrogens with one attached hydrogen (secondary N) is 1. The SMILES string of the molecule is CC[C@@H](C)[C@H](NC(=O)CSc1ccc2ccccc2n1)C(=O)OC. The fraction of sp³-hybridized carbons (Fsp3) is 0.389. The fourth-order valence-corrected chi connectivity index (χ4v) is 2.97. The monoisotopic (exact) mass is 346 g/mol. The van der Waals surface area contributed by atoms with E-state index >= 15 is 0 Å². The number of methoxy groups -OCH3 is 1. The summed E-state index contributed by atoms with van der Waals surface area (Å²) < 4.78 is 4.77. The molecule has 0 aliphatic heterocycles. The zero-order valence-corrected chi connectivity index (χ0v) is 14.9. The predicted molar refractivity (Wildman–Crippen MR) is 95.9 cm³/mol. The number of pyridine rings is 1. The van der Waals surface area contributed by atoms with E-state index in [1.165, 1.54) is 18.9 Å². The molecular formula is C18H22N2O3S. The molecule has 0 saturated carbocycles. The number of aromatic nitrogens is 1. The van der Waals surface area contributed by atoms with E-state index in [4.69, 9.17) is 4.74 Å². The molecular weight excluding hydrogens is 324 g/mol. The number of ether oxygens (including phenoxy) is 1. The summed E-state index contributed by atoms with van der Waals surface area (Å²) >= 11 is 1.35. The van der Waals surface area contributed by atoms with Crippen LogP contribution in [0.15, 0.2) is 41.4 Å². The Morgan fingerprint density at radius 2 is 2.00 bits per heavy atom. The first-order chi connectivity index (χ1) is 11.5. The highest BCUT2D eigenvalue weighted by molar-refractivity contribution is 7.99. The molecule has 0 fully saturated rings. The van der Waals surface area contributed by atoms with Crippen molar-refractivity contribution in [2.45, 2.75) is 31.3 Å². The number of nitrogens with zero attached hydrogens (tertiary/aromatic N) is 1. The first kappa shape index (κ1) is 18.3. The van der Waals surface area contributed by atoms with Gasteiger partial charge >= 0.3 is 5.97 Å². The second-order valence-electron chi connectivity index (χ2n) is 5.58. The maximum absolute atomic E-state index is 12.2. The number of esters is 1. The van der Waals surface area contributed by atoms with Gasteiger partial charge in [0.1, 0.15) is 6.04 Å². The minimum Gasteiger partial charge on any atom is -0.467 e. The number of carbonyl (C=O) groups excluding carboxylic acids is 2. The Bertz CT molecular complexity index is 720. The highest BCUT2D eigenvalue weighted by Crippen LogP contribution is 2.20. The standard InChI is InChI=1S/C18H22N2O3S/c1-4-12(2)17(18(22)23-3)20-15(21)11-24-16-10-9-13-7-5-6-8-14(13)19-16/h5-10,12,17H,4,11H2,1-3H3,(H,20,21)/t12-,17+/m1/s1. The van der Waals surface area contributed by atoms with Crippen LogP contribution in [0.3, 0.4) is 0 Å². The normalized spacial score (nSPS) is 13.3. The van der Waals surface area contributed by atoms with Gasteiger partial charge in [0.25, 0.3) is 0 Å². The van der Waals surface area contributed by atoms with Gasteiger partial charge < -0.3 is 10.1 Å². The van der Waals surface area contributed by atoms with Crippen LogP contribution in [0.25, 0.3) is 10.9 Å². The molecule has 0 bridgehead atoms. The summed E-state index contributed by atoms with van der Waals surface area (Å²) in [5, 5.41) is 4.61. The van der Waals surface area contributed by atoms with Crippen molar-refractivity contribution in [2.75, 3.05) is 12.9 Å². The summed E-state index contributed by atoms with van der Waals surface area (Å²) in [6, 6.07) is 11.1. The summed E-state index contributed by atoms with van der Waals surface area (Å²) in [7, 11) is 1.33. The smallest absolute Gasteiger partial charge is 0.328 e. The Kier molecular flexibility index (Phi) is 6.61. The van der Waals surface area contributed by atoms with Crippen molar-refractivity contribution in [1.82, 2.24) is 10.3 Å². The molecule has 2 rings (SSSR count). The van der Waals surface area contributed by atoms with Crippen LogP contribution in [0.2, 0.25) is 0 Å². The Morgan fingerprint density at radius 3 is 2.71 bits per heavy atom. The Balaban J connectivity index is 1.96. The first-order valence-electron chi connectivity index (χ1n) is 7.91. The molecule has 0 saturated heterocycles. The molecule has 0 radical (unpaired) electrons. The molecule has 1 heterocycles. The van der Waals surface area contributed by atoms with Gasteiger partial charge in [-0.05, 0) is 18.1 Å². The van der Waals surface area contributed by atoms with Crippen LogP contribution in [0, 0.1) is 5.92 Å². The van der Waals surface area contributed by atoms with E-state index in [2.05, 4.69) is 10.3 Å². The molecule has 0 aliphatic carbocycles. The van der Waals surface area contributed by atoms with Crippen molar-refractivity contribution in [1.29, 1.82) is 0 Å². The second-order valence-corrected chi connectivity index (χ2v) is 6.58. The third kappa shape index (κ3) is 4.71. The lowest BCUT2D eigenvalue weighted by molar-refractivity contribution is -0.146. The van der Waals surface area contributed by atoms with E-state index in [9.17, 15) is 9.59 Å². The molecule has 1 N–H and O–H groups in total. The van der Waals surface area contributed by atoms with Crippen molar-refractivity contribution in [2.24, 2.45) is 5.92 Å². The van der Waals surface area contributed by atoms with Crippen LogP contribution < -0.4 is 5.32 Å². The lowest BCUT2D eigenvalue weighted by Crippen LogP contribution is -2.46. The number of amides is 1. The number of carbonyl (C=O) groups is 2. The topological polar surface area (TPSA) is 68.3 Å². The molecule has 0 unspecified atom stereocenters. The van der Waals surface area contributed by atoms with Crippen LogP contribution >= 0.6 is 11.8 Å². The fourth-order valence-electron chi connectivity index (χ4n) is 2.28. The zero-order valence-electron chi connectivity index (χ0n) is 14.1. The third-order valence-electron chi connectivity index (χ3n) is 3.91. The predicted octanol–water partition coefficient (Wildman–Crippen LogP) is 3.03. The maximum Gasteiger partial charge on any atom is 0.328 e. The van der Waals surface area contributed by atoms with Crippen molar-refractivity contribution in [3.05, 3.63) is 36.4 Å². The molecule has 0 spiro atoms. The zero-order chi connectivity index (χ0) is 17.5.